The number of esters is 1. The first-order valence-corrected chi connectivity index (χ1v) is 6.96. The molecule has 0 radical (unpaired) electrons. The van der Waals surface area contributed by atoms with Crippen molar-refractivity contribution in [2.75, 3.05) is 0 Å². The van der Waals surface area contributed by atoms with Crippen LogP contribution in [0.3, 0.4) is 0 Å². The smallest absolute Gasteiger partial charge is 0.336 e. The number of hydrogen-bond donors (Lipinski definition) is 1. The van der Waals surface area contributed by atoms with Crippen LogP contribution in [0.2, 0.25) is 0 Å². The third-order valence-corrected chi connectivity index (χ3v) is 5.72. The SMILES string of the molecule is CC1=C2CC3(C)C(CCC(=O)C3C)CC2(O)OC1=O. The van der Waals surface area contributed by atoms with E-state index < -0.39 is 11.8 Å². The first kappa shape index (κ1) is 12.9. The van der Waals surface area contributed by atoms with E-state index in [4.69, 9.17) is 4.74 Å². The second-order valence-electron chi connectivity index (χ2n) is 6.59. The van der Waals surface area contributed by atoms with Crippen LogP contribution < -0.4 is 0 Å². The Balaban J connectivity index is 2.04. The fourth-order valence-corrected chi connectivity index (χ4v) is 4.07. The van der Waals surface area contributed by atoms with Crippen LogP contribution in [0.15, 0.2) is 11.1 Å². The van der Waals surface area contributed by atoms with Crippen molar-refractivity contribution in [1.82, 2.24) is 0 Å². The lowest BCUT2D eigenvalue weighted by Crippen LogP contribution is -2.52. The maximum absolute atomic E-state index is 12.0. The van der Waals surface area contributed by atoms with Crippen LogP contribution >= 0.6 is 0 Å². The van der Waals surface area contributed by atoms with E-state index in [1.54, 1.807) is 6.92 Å². The molecule has 0 aromatic rings. The molecule has 2 aliphatic carbocycles. The van der Waals surface area contributed by atoms with Crippen LogP contribution in [0.4, 0.5) is 0 Å². The second-order valence-corrected chi connectivity index (χ2v) is 6.59. The van der Waals surface area contributed by atoms with Crippen molar-refractivity contribution in [3.05, 3.63) is 11.1 Å². The summed E-state index contributed by atoms with van der Waals surface area (Å²) in [6.07, 6.45) is 2.37. The molecule has 1 N–H and O–H groups in total. The number of aliphatic hydroxyl groups is 1. The van der Waals surface area contributed by atoms with E-state index in [-0.39, 0.29) is 17.3 Å². The summed E-state index contributed by atoms with van der Waals surface area (Å²) in [4.78, 5) is 23.7. The molecule has 19 heavy (non-hydrogen) atoms. The van der Waals surface area contributed by atoms with Gasteiger partial charge < -0.3 is 9.84 Å². The molecule has 3 rings (SSSR count). The van der Waals surface area contributed by atoms with Gasteiger partial charge in [-0.15, -0.1) is 0 Å². The summed E-state index contributed by atoms with van der Waals surface area (Å²) < 4.78 is 5.18. The molecule has 4 heteroatoms. The van der Waals surface area contributed by atoms with Gasteiger partial charge in [-0.2, -0.15) is 0 Å². The summed E-state index contributed by atoms with van der Waals surface area (Å²) in [5.41, 5.74) is 1.05. The van der Waals surface area contributed by atoms with Crippen molar-refractivity contribution >= 4 is 11.8 Å². The van der Waals surface area contributed by atoms with Crippen molar-refractivity contribution in [2.24, 2.45) is 17.3 Å². The Hall–Kier alpha value is -1.16. The third kappa shape index (κ3) is 1.55. The highest BCUT2D eigenvalue weighted by molar-refractivity contribution is 5.92. The van der Waals surface area contributed by atoms with Gasteiger partial charge in [0, 0.05) is 29.9 Å². The molecule has 0 spiro atoms. The molecule has 4 nitrogen and oxygen atoms in total. The zero-order valence-corrected chi connectivity index (χ0v) is 11.7. The van der Waals surface area contributed by atoms with Crippen LogP contribution in [0.5, 0.6) is 0 Å². The molecule has 4 atom stereocenters. The number of ether oxygens (including phenoxy) is 1. The van der Waals surface area contributed by atoms with Gasteiger partial charge in [0.25, 0.3) is 0 Å². The summed E-state index contributed by atoms with van der Waals surface area (Å²) in [6.45, 7) is 5.79. The highest BCUT2D eigenvalue weighted by Crippen LogP contribution is 2.58. The number of Topliss-reactive ketones (excluding diaryl/α,β-unsaturated/α-hetero) is 1. The number of carbonyl (C=O) groups excluding carboxylic acids is 2. The molecule has 4 unspecified atom stereocenters. The summed E-state index contributed by atoms with van der Waals surface area (Å²) in [7, 11) is 0. The average molecular weight is 264 g/mol. The van der Waals surface area contributed by atoms with Gasteiger partial charge in [-0.3, -0.25) is 4.79 Å². The number of rotatable bonds is 0. The fraction of sp³-hybridized carbons (Fsp3) is 0.733. The minimum Gasteiger partial charge on any atom is -0.426 e. The van der Waals surface area contributed by atoms with Gasteiger partial charge in [-0.1, -0.05) is 13.8 Å². The Morgan fingerprint density at radius 3 is 2.74 bits per heavy atom. The lowest BCUT2D eigenvalue weighted by atomic mass is 9.53. The van der Waals surface area contributed by atoms with E-state index in [0.29, 0.717) is 36.2 Å². The summed E-state index contributed by atoms with van der Waals surface area (Å²) in [5, 5.41) is 10.6. The van der Waals surface area contributed by atoms with E-state index in [0.717, 1.165) is 6.42 Å². The first-order valence-electron chi connectivity index (χ1n) is 6.96. The third-order valence-electron chi connectivity index (χ3n) is 5.72. The predicted molar refractivity (Wildman–Crippen MR) is 68.0 cm³/mol. The molecule has 0 aromatic carbocycles. The Morgan fingerprint density at radius 1 is 1.37 bits per heavy atom. The molecule has 0 saturated heterocycles. The minimum absolute atomic E-state index is 0.0215. The number of fused-ring (bicyclic) bond motifs is 2. The standard InChI is InChI=1S/C15H20O4/c1-8-11-7-14(3)9(2)12(16)5-4-10(14)6-15(11,18)19-13(8)17/h9-10,18H,4-7H2,1-3H3. The molecular weight excluding hydrogens is 244 g/mol. The van der Waals surface area contributed by atoms with Gasteiger partial charge in [0.2, 0.25) is 5.79 Å². The number of ketones is 1. The Bertz CT molecular complexity index is 506. The molecule has 3 aliphatic rings. The van der Waals surface area contributed by atoms with Gasteiger partial charge >= 0.3 is 5.97 Å². The maximum Gasteiger partial charge on any atom is 0.336 e. The van der Waals surface area contributed by atoms with Gasteiger partial charge in [-0.05, 0) is 31.1 Å². The van der Waals surface area contributed by atoms with Crippen LogP contribution in [-0.4, -0.2) is 22.6 Å². The molecule has 2 fully saturated rings. The zero-order valence-electron chi connectivity index (χ0n) is 11.7. The van der Waals surface area contributed by atoms with E-state index in [9.17, 15) is 14.7 Å². The lowest BCUT2D eigenvalue weighted by molar-refractivity contribution is -0.204. The molecule has 0 aromatic heterocycles. The topological polar surface area (TPSA) is 63.6 Å². The quantitative estimate of drug-likeness (QED) is 0.679. The van der Waals surface area contributed by atoms with Gasteiger partial charge in [-0.25, -0.2) is 4.79 Å². The van der Waals surface area contributed by atoms with Gasteiger partial charge in [0.05, 0.1) is 0 Å². The second kappa shape index (κ2) is 3.69. The van der Waals surface area contributed by atoms with Crippen LogP contribution in [0, 0.1) is 17.3 Å². The number of carbonyl (C=O) groups is 2. The molecule has 0 bridgehead atoms. The highest BCUT2D eigenvalue weighted by Gasteiger charge is 2.58. The molecule has 0 amide bonds. The molecule has 2 saturated carbocycles. The van der Waals surface area contributed by atoms with Crippen molar-refractivity contribution < 1.29 is 19.4 Å². The Kier molecular flexibility index (Phi) is 2.50. The molecule has 104 valence electrons. The van der Waals surface area contributed by atoms with Crippen molar-refractivity contribution in [1.29, 1.82) is 0 Å². The van der Waals surface area contributed by atoms with Crippen LogP contribution in [0.1, 0.15) is 46.5 Å². The minimum atomic E-state index is -1.41. The summed E-state index contributed by atoms with van der Waals surface area (Å²) in [6, 6.07) is 0. The average Bonchev–Trinajstić information content (AvgIpc) is 2.55. The Labute approximate surface area is 112 Å². The van der Waals surface area contributed by atoms with E-state index in [2.05, 4.69) is 6.92 Å². The van der Waals surface area contributed by atoms with Crippen LogP contribution in [-0.2, 0) is 14.3 Å². The predicted octanol–water partition coefficient (Wildman–Crippen LogP) is 1.96. The van der Waals surface area contributed by atoms with E-state index >= 15 is 0 Å². The number of hydrogen-bond acceptors (Lipinski definition) is 4. The van der Waals surface area contributed by atoms with Crippen molar-refractivity contribution in [3.8, 4) is 0 Å². The molecule has 1 aliphatic heterocycles. The molecule has 1 heterocycles. The zero-order chi connectivity index (χ0) is 14.0. The van der Waals surface area contributed by atoms with Crippen LogP contribution in [0.25, 0.3) is 0 Å². The highest BCUT2D eigenvalue weighted by atomic mass is 16.7. The first-order chi connectivity index (χ1) is 8.78. The summed E-state index contributed by atoms with van der Waals surface area (Å²) in [5.74, 6) is -1.32. The normalized spacial score (nSPS) is 45.9. The lowest BCUT2D eigenvalue weighted by Gasteiger charge is -2.52. The fourth-order valence-electron chi connectivity index (χ4n) is 4.07. The largest absolute Gasteiger partial charge is 0.426 e. The van der Waals surface area contributed by atoms with Crippen molar-refractivity contribution in [3.63, 3.8) is 0 Å². The van der Waals surface area contributed by atoms with Gasteiger partial charge in [0.15, 0.2) is 0 Å². The Morgan fingerprint density at radius 2 is 2.05 bits per heavy atom. The monoisotopic (exact) mass is 264 g/mol. The van der Waals surface area contributed by atoms with Crippen molar-refractivity contribution in [2.45, 2.75) is 52.2 Å². The maximum atomic E-state index is 12.0. The van der Waals surface area contributed by atoms with E-state index in [1.165, 1.54) is 0 Å². The van der Waals surface area contributed by atoms with Gasteiger partial charge in [0.1, 0.15) is 5.78 Å². The van der Waals surface area contributed by atoms with E-state index in [1.807, 2.05) is 6.92 Å². The summed E-state index contributed by atoms with van der Waals surface area (Å²) >= 11 is 0. The molecular formula is C15H20O4.